The van der Waals surface area contributed by atoms with Crippen LogP contribution in [0.1, 0.15) is 110 Å². The van der Waals surface area contributed by atoms with Gasteiger partial charge in [0, 0.05) is 31.5 Å². The smallest absolute Gasteiger partial charge is 0.417 e. The normalized spacial score (nSPS) is 16.5. The third kappa shape index (κ3) is 13.7. The number of urea groups is 1. The minimum Gasteiger partial charge on any atom is -0.493 e. The molecule has 2 fully saturated rings. The number of piperidine rings is 1. The molecule has 0 bridgehead atoms. The molecule has 2 aromatic rings. The Bertz CT molecular complexity index is 1930. The van der Waals surface area contributed by atoms with E-state index >= 15 is 0 Å². The summed E-state index contributed by atoms with van der Waals surface area (Å²) in [7, 11) is 3.12. The van der Waals surface area contributed by atoms with Gasteiger partial charge >= 0.3 is 18.1 Å². The monoisotopic (exact) mass is 878 g/mol. The number of Topliss-reactive ketones (excluding diaryl/α,β-unsaturated/α-hetero) is 2. The number of ether oxygens (including phenoxy) is 5. The molecule has 4 rings (SSSR count). The Morgan fingerprint density at radius 1 is 0.905 bits per heavy atom. The van der Waals surface area contributed by atoms with Gasteiger partial charge in [0.2, 0.25) is 11.7 Å². The van der Waals surface area contributed by atoms with E-state index in [0.717, 1.165) is 10.5 Å². The molecule has 3 atom stereocenters. The fraction of sp³-hybridized carbons (Fsp3) is 0.596. The van der Waals surface area contributed by atoms with Crippen molar-refractivity contribution >= 4 is 41.5 Å². The molecule has 2 aromatic carbocycles. The van der Waals surface area contributed by atoms with Gasteiger partial charge < -0.3 is 38.8 Å². The van der Waals surface area contributed by atoms with E-state index in [1.165, 1.54) is 16.7 Å². The molecule has 63 heavy (non-hydrogen) atoms. The maximum absolute atomic E-state index is 14.0. The largest absolute Gasteiger partial charge is 0.493 e. The number of hydrogen-bond donors (Lipinski definition) is 1. The van der Waals surface area contributed by atoms with Gasteiger partial charge in [-0.3, -0.25) is 19.2 Å². The highest BCUT2D eigenvalue weighted by Crippen LogP contribution is 2.33. The quantitative estimate of drug-likeness (QED) is 0.0774. The summed E-state index contributed by atoms with van der Waals surface area (Å²) in [5, 5.41) is 2.79. The van der Waals surface area contributed by atoms with Gasteiger partial charge in [-0.15, -0.1) is 0 Å². The predicted molar refractivity (Wildman–Crippen MR) is 233 cm³/mol. The lowest BCUT2D eigenvalue weighted by Gasteiger charge is -2.39. The Hall–Kier alpha value is -5.67. The number of rotatable bonds is 22. The molecule has 0 aromatic heterocycles. The van der Waals surface area contributed by atoms with Crippen molar-refractivity contribution in [2.45, 2.75) is 118 Å². The van der Waals surface area contributed by atoms with Crippen molar-refractivity contribution in [2.24, 2.45) is 11.3 Å². The zero-order valence-corrected chi connectivity index (χ0v) is 38.2. The summed E-state index contributed by atoms with van der Waals surface area (Å²) >= 11 is 0. The molecule has 0 unspecified atom stereocenters. The summed E-state index contributed by atoms with van der Waals surface area (Å²) in [6.07, 6.45) is 2.41. The Morgan fingerprint density at radius 3 is 2.33 bits per heavy atom. The summed E-state index contributed by atoms with van der Waals surface area (Å²) in [4.78, 5) is 95.1. The Balaban J connectivity index is 1.34. The number of likely N-dealkylation sites (tertiary alicyclic amines) is 1. The molecule has 0 aliphatic carbocycles. The fourth-order valence-electron chi connectivity index (χ4n) is 7.79. The molecule has 16 heteroatoms. The SMILES string of the molecule is CCC(C)(C)C(=O)C(=O)N1CCCC[C@H]1C(=O)O[C@H](CCc1ccc(OC)c(OC)c1)c1cccc(OCCNC(=O)CCCOC(=O)N2CCCN([C@H](C(C)=O)C(C)C)C2=O)c1. The molecule has 2 heterocycles. The number of benzene rings is 2. The van der Waals surface area contributed by atoms with Crippen LogP contribution in [0.3, 0.4) is 0 Å². The van der Waals surface area contributed by atoms with Gasteiger partial charge in [-0.25, -0.2) is 19.3 Å². The van der Waals surface area contributed by atoms with Crippen LogP contribution in [-0.4, -0.2) is 122 Å². The van der Waals surface area contributed by atoms with Crippen LogP contribution in [0.2, 0.25) is 0 Å². The minimum atomic E-state index is -0.900. The van der Waals surface area contributed by atoms with E-state index in [9.17, 15) is 33.6 Å². The van der Waals surface area contributed by atoms with Crippen LogP contribution in [0.4, 0.5) is 9.59 Å². The number of aryl methyl sites for hydroxylation is 1. The summed E-state index contributed by atoms with van der Waals surface area (Å²) < 4.78 is 28.4. The van der Waals surface area contributed by atoms with Crippen molar-refractivity contribution in [1.82, 2.24) is 20.0 Å². The van der Waals surface area contributed by atoms with Gasteiger partial charge in [0.05, 0.1) is 33.4 Å². The maximum Gasteiger partial charge on any atom is 0.417 e. The lowest BCUT2D eigenvalue weighted by Crippen LogP contribution is -2.58. The Kier molecular flexibility index (Phi) is 18.8. The molecule has 346 valence electrons. The van der Waals surface area contributed by atoms with Gasteiger partial charge in [-0.2, -0.15) is 0 Å². The lowest BCUT2D eigenvalue weighted by molar-refractivity contribution is -0.164. The van der Waals surface area contributed by atoms with Crippen molar-refractivity contribution in [3.8, 4) is 17.2 Å². The molecule has 0 spiro atoms. The fourth-order valence-corrected chi connectivity index (χ4v) is 7.79. The van der Waals surface area contributed by atoms with Gasteiger partial charge in [0.15, 0.2) is 17.3 Å². The first kappa shape index (κ1) is 50.0. The molecular weight excluding hydrogens is 813 g/mol. The van der Waals surface area contributed by atoms with Gasteiger partial charge in [0.25, 0.3) is 5.91 Å². The zero-order valence-electron chi connectivity index (χ0n) is 38.2. The van der Waals surface area contributed by atoms with Crippen molar-refractivity contribution in [3.05, 3.63) is 53.6 Å². The highest BCUT2D eigenvalue weighted by molar-refractivity contribution is 6.38. The van der Waals surface area contributed by atoms with Gasteiger partial charge in [-0.05, 0) is 99.6 Å². The molecule has 1 N–H and O–H groups in total. The number of nitrogens with zero attached hydrogens (tertiary/aromatic N) is 3. The maximum atomic E-state index is 14.0. The van der Waals surface area contributed by atoms with E-state index in [0.29, 0.717) is 74.3 Å². The number of hydrogen-bond acceptors (Lipinski definition) is 12. The highest BCUT2D eigenvalue weighted by Gasteiger charge is 2.42. The number of ketones is 2. The van der Waals surface area contributed by atoms with E-state index in [-0.39, 0.29) is 63.3 Å². The van der Waals surface area contributed by atoms with Crippen LogP contribution < -0.4 is 19.5 Å². The van der Waals surface area contributed by atoms with Crippen molar-refractivity contribution < 1.29 is 57.2 Å². The molecule has 16 nitrogen and oxygen atoms in total. The van der Waals surface area contributed by atoms with Gasteiger partial charge in [0.1, 0.15) is 24.5 Å². The van der Waals surface area contributed by atoms with E-state index in [1.54, 1.807) is 46.3 Å². The van der Waals surface area contributed by atoms with Crippen LogP contribution in [0.5, 0.6) is 17.2 Å². The summed E-state index contributed by atoms with van der Waals surface area (Å²) in [6, 6.07) is 10.6. The molecule has 2 saturated heterocycles. The average molecular weight is 879 g/mol. The molecule has 0 saturated carbocycles. The number of amides is 5. The van der Waals surface area contributed by atoms with Gasteiger partial charge in [-0.1, -0.05) is 52.8 Å². The molecule has 2 aliphatic rings. The zero-order chi connectivity index (χ0) is 46.3. The van der Waals surface area contributed by atoms with Crippen molar-refractivity contribution in [3.63, 3.8) is 0 Å². The predicted octanol–water partition coefficient (Wildman–Crippen LogP) is 6.46. The number of methoxy groups -OCH3 is 2. The summed E-state index contributed by atoms with van der Waals surface area (Å²) in [5.74, 6) is -0.667. The average Bonchev–Trinajstić information content (AvgIpc) is 3.27. The first-order chi connectivity index (χ1) is 30.0. The van der Waals surface area contributed by atoms with Crippen molar-refractivity contribution in [1.29, 1.82) is 0 Å². The van der Waals surface area contributed by atoms with Crippen LogP contribution in [0.25, 0.3) is 0 Å². The third-order valence-corrected chi connectivity index (χ3v) is 11.7. The highest BCUT2D eigenvalue weighted by atomic mass is 16.6. The first-order valence-corrected chi connectivity index (χ1v) is 22.0. The van der Waals surface area contributed by atoms with E-state index in [4.69, 9.17) is 23.7 Å². The molecule has 5 amide bonds. The number of carbonyl (C=O) groups excluding carboxylic acids is 7. The number of imide groups is 1. The van der Waals surface area contributed by atoms with Crippen LogP contribution >= 0.6 is 0 Å². The second-order valence-electron chi connectivity index (χ2n) is 17.0. The summed E-state index contributed by atoms with van der Waals surface area (Å²) in [5.41, 5.74) is 0.725. The summed E-state index contributed by atoms with van der Waals surface area (Å²) in [6.45, 7) is 11.6. The second kappa shape index (κ2) is 23.7. The Morgan fingerprint density at radius 2 is 1.65 bits per heavy atom. The second-order valence-corrected chi connectivity index (χ2v) is 17.0. The van der Waals surface area contributed by atoms with Crippen LogP contribution in [0.15, 0.2) is 42.5 Å². The van der Waals surface area contributed by atoms with Crippen molar-refractivity contribution in [2.75, 3.05) is 53.6 Å². The first-order valence-electron chi connectivity index (χ1n) is 22.0. The standard InChI is InChI=1S/C47H66N4O12/c1-9-47(5,6)42(54)43(55)49-24-11-10-17-36(49)44(56)63-37(21-19-33-20-22-38(59-7)39(29-33)60-8)34-15-12-16-35(30-34)61-28-23-48-40(53)18-13-27-62-46(58)51-26-14-25-50(45(51)57)41(31(2)3)32(4)52/h12,15-16,20,22,29-31,36-37,41H,9-11,13-14,17-19,21,23-28H2,1-8H3,(H,48,53)/t36-,37+,41-/m0/s1. The number of esters is 1. The lowest BCUT2D eigenvalue weighted by atomic mass is 9.84. The number of nitrogens with one attached hydrogen (secondary N) is 1. The Labute approximate surface area is 371 Å². The molecule has 2 aliphatic heterocycles. The number of carbonyl (C=O) groups is 7. The van der Waals surface area contributed by atoms with Crippen LogP contribution in [0, 0.1) is 11.3 Å². The molecular formula is C47H66N4O12. The van der Waals surface area contributed by atoms with E-state index in [1.807, 2.05) is 45.0 Å². The van der Waals surface area contributed by atoms with E-state index in [2.05, 4.69) is 5.32 Å². The van der Waals surface area contributed by atoms with E-state index < -0.39 is 53.4 Å². The third-order valence-electron chi connectivity index (χ3n) is 11.7. The topological polar surface area (TPSA) is 187 Å². The minimum absolute atomic E-state index is 0.0678. The van der Waals surface area contributed by atoms with Crippen LogP contribution in [-0.2, 0) is 39.9 Å². The molecule has 0 radical (unpaired) electrons.